The molecule has 1 aliphatic rings. The van der Waals surface area contributed by atoms with Crippen molar-refractivity contribution in [2.45, 2.75) is 57.5 Å². The molecule has 2 N–H and O–H groups in total. The Labute approximate surface area is 125 Å². The van der Waals surface area contributed by atoms with E-state index in [1.54, 1.807) is 0 Å². The van der Waals surface area contributed by atoms with Crippen molar-refractivity contribution in [3.63, 3.8) is 0 Å². The van der Waals surface area contributed by atoms with E-state index >= 15 is 0 Å². The van der Waals surface area contributed by atoms with E-state index in [4.69, 9.17) is 5.11 Å². The number of hydrogen-bond donors (Lipinski definition) is 2. The lowest BCUT2D eigenvalue weighted by atomic mass is 9.85. The maximum absolute atomic E-state index is 12.8. The van der Waals surface area contributed by atoms with Crippen LogP contribution in [-0.2, 0) is 11.2 Å². The van der Waals surface area contributed by atoms with Gasteiger partial charge < -0.3 is 10.4 Å². The van der Waals surface area contributed by atoms with E-state index in [0.29, 0.717) is 12.1 Å². The third-order valence-corrected chi connectivity index (χ3v) is 4.38. The highest BCUT2D eigenvalue weighted by molar-refractivity contribution is 5.70. The number of aryl methyl sites for hydroxylation is 1. The van der Waals surface area contributed by atoms with Crippen molar-refractivity contribution in [1.82, 2.24) is 5.32 Å². The zero-order chi connectivity index (χ0) is 15.2. The van der Waals surface area contributed by atoms with Gasteiger partial charge in [-0.3, -0.25) is 4.79 Å². The van der Waals surface area contributed by atoms with Crippen molar-refractivity contribution in [2.24, 2.45) is 5.92 Å². The lowest BCUT2D eigenvalue weighted by Gasteiger charge is -2.29. The predicted molar refractivity (Wildman–Crippen MR) is 80.7 cm³/mol. The summed E-state index contributed by atoms with van der Waals surface area (Å²) >= 11 is 0. The minimum atomic E-state index is -0.655. The Kier molecular flexibility index (Phi) is 5.74. The molecule has 1 atom stereocenters. The Hall–Kier alpha value is -1.42. The molecule has 0 saturated heterocycles. The highest BCUT2D eigenvalue weighted by Gasteiger charge is 2.26. The molecule has 1 aromatic rings. The van der Waals surface area contributed by atoms with Gasteiger partial charge in [0.2, 0.25) is 0 Å². The van der Waals surface area contributed by atoms with Crippen LogP contribution in [0.25, 0.3) is 0 Å². The summed E-state index contributed by atoms with van der Waals surface area (Å²) in [6.07, 6.45) is 5.37. The zero-order valence-electron chi connectivity index (χ0n) is 12.5. The topological polar surface area (TPSA) is 49.3 Å². The lowest BCUT2D eigenvalue weighted by molar-refractivity contribution is -0.142. The maximum Gasteiger partial charge on any atom is 0.306 e. The summed E-state index contributed by atoms with van der Waals surface area (Å²) < 4.78 is 12.8. The van der Waals surface area contributed by atoms with Crippen LogP contribution in [-0.4, -0.2) is 23.2 Å². The second-order valence-corrected chi connectivity index (χ2v) is 6.12. The Morgan fingerprint density at radius 3 is 2.48 bits per heavy atom. The molecule has 1 aromatic carbocycles. The first kappa shape index (κ1) is 16.0. The fraction of sp³-hybridized carbons (Fsp3) is 0.588. The highest BCUT2D eigenvalue weighted by Crippen LogP contribution is 2.25. The van der Waals surface area contributed by atoms with E-state index in [1.165, 1.54) is 12.1 Å². The Balaban J connectivity index is 1.69. The van der Waals surface area contributed by atoms with E-state index in [1.807, 2.05) is 12.1 Å². The minimum absolute atomic E-state index is 0.155. The third kappa shape index (κ3) is 5.12. The number of nitrogens with one attached hydrogen (secondary N) is 1. The number of rotatable bonds is 6. The summed E-state index contributed by atoms with van der Waals surface area (Å²) in [6.45, 7) is 2.16. The predicted octanol–water partition coefficient (Wildman–Crippen LogP) is 3.38. The van der Waals surface area contributed by atoms with Gasteiger partial charge >= 0.3 is 5.97 Å². The quantitative estimate of drug-likeness (QED) is 0.845. The first-order valence-electron chi connectivity index (χ1n) is 7.78. The maximum atomic E-state index is 12.8. The molecule has 1 saturated carbocycles. The average Bonchev–Trinajstić information content (AvgIpc) is 2.47. The number of hydrogen-bond acceptors (Lipinski definition) is 2. The molecular weight excluding hydrogens is 269 g/mol. The van der Waals surface area contributed by atoms with Gasteiger partial charge in [-0.1, -0.05) is 12.1 Å². The fourth-order valence-electron chi connectivity index (χ4n) is 3.03. The summed E-state index contributed by atoms with van der Waals surface area (Å²) in [5.74, 6) is -1.00. The van der Waals surface area contributed by atoms with Crippen molar-refractivity contribution >= 4 is 5.97 Å². The summed E-state index contributed by atoms with van der Waals surface area (Å²) in [5, 5.41) is 12.6. The minimum Gasteiger partial charge on any atom is -0.481 e. The van der Waals surface area contributed by atoms with Crippen LogP contribution in [0.5, 0.6) is 0 Å². The molecule has 1 unspecified atom stereocenters. The average molecular weight is 293 g/mol. The molecule has 0 heterocycles. The van der Waals surface area contributed by atoms with E-state index in [-0.39, 0.29) is 11.7 Å². The number of benzene rings is 1. The summed E-state index contributed by atoms with van der Waals surface area (Å²) in [4.78, 5) is 10.9. The molecule has 116 valence electrons. The monoisotopic (exact) mass is 293 g/mol. The number of carboxylic acid groups (broad SMARTS) is 1. The molecule has 1 aliphatic carbocycles. The van der Waals surface area contributed by atoms with E-state index in [0.717, 1.165) is 44.1 Å². The van der Waals surface area contributed by atoms with Crippen molar-refractivity contribution in [3.05, 3.63) is 35.6 Å². The van der Waals surface area contributed by atoms with Gasteiger partial charge in [-0.2, -0.15) is 0 Å². The first-order chi connectivity index (χ1) is 10.0. The van der Waals surface area contributed by atoms with Gasteiger partial charge in [0, 0.05) is 12.1 Å². The summed E-state index contributed by atoms with van der Waals surface area (Å²) in [7, 11) is 0. The second-order valence-electron chi connectivity index (χ2n) is 6.12. The fourth-order valence-corrected chi connectivity index (χ4v) is 3.03. The van der Waals surface area contributed by atoms with Crippen LogP contribution in [0.15, 0.2) is 24.3 Å². The smallest absolute Gasteiger partial charge is 0.306 e. The first-order valence-corrected chi connectivity index (χ1v) is 7.78. The van der Waals surface area contributed by atoms with E-state index in [9.17, 15) is 9.18 Å². The van der Waals surface area contributed by atoms with Crippen LogP contribution in [0.2, 0.25) is 0 Å². The van der Waals surface area contributed by atoms with Gasteiger partial charge in [-0.05, 0) is 63.1 Å². The van der Waals surface area contributed by atoms with E-state index < -0.39 is 5.97 Å². The van der Waals surface area contributed by atoms with Gasteiger partial charge in [0.25, 0.3) is 0 Å². The molecule has 2 rings (SSSR count). The van der Waals surface area contributed by atoms with Crippen LogP contribution in [0.3, 0.4) is 0 Å². The normalized spacial score (nSPS) is 23.7. The highest BCUT2D eigenvalue weighted by atomic mass is 19.1. The number of aliphatic carboxylic acids is 1. The van der Waals surface area contributed by atoms with Crippen LogP contribution in [0, 0.1) is 11.7 Å². The number of carboxylic acids is 1. The number of carbonyl (C=O) groups is 1. The summed E-state index contributed by atoms with van der Waals surface area (Å²) in [6, 6.07) is 7.49. The third-order valence-electron chi connectivity index (χ3n) is 4.38. The molecule has 3 nitrogen and oxygen atoms in total. The molecule has 0 spiro atoms. The molecule has 1 fully saturated rings. The molecule has 0 amide bonds. The van der Waals surface area contributed by atoms with Gasteiger partial charge in [0.05, 0.1) is 5.92 Å². The Morgan fingerprint density at radius 2 is 1.90 bits per heavy atom. The van der Waals surface area contributed by atoms with E-state index in [2.05, 4.69) is 12.2 Å². The molecular formula is C17H24FNO2. The van der Waals surface area contributed by atoms with Crippen molar-refractivity contribution in [1.29, 1.82) is 0 Å². The van der Waals surface area contributed by atoms with Crippen LogP contribution in [0.1, 0.15) is 44.6 Å². The molecule has 0 aliphatic heterocycles. The molecule has 0 radical (unpaired) electrons. The van der Waals surface area contributed by atoms with Crippen molar-refractivity contribution < 1.29 is 14.3 Å². The lowest BCUT2D eigenvalue weighted by Crippen LogP contribution is -2.40. The van der Waals surface area contributed by atoms with Gasteiger partial charge in [-0.15, -0.1) is 0 Å². The Bertz CT molecular complexity index is 452. The van der Waals surface area contributed by atoms with Crippen LogP contribution in [0.4, 0.5) is 4.39 Å². The van der Waals surface area contributed by atoms with Crippen molar-refractivity contribution in [2.75, 3.05) is 0 Å². The van der Waals surface area contributed by atoms with Gasteiger partial charge in [0.15, 0.2) is 0 Å². The molecule has 0 bridgehead atoms. The van der Waals surface area contributed by atoms with Crippen LogP contribution < -0.4 is 5.32 Å². The molecule has 0 aromatic heterocycles. The van der Waals surface area contributed by atoms with Crippen LogP contribution >= 0.6 is 0 Å². The van der Waals surface area contributed by atoms with Crippen molar-refractivity contribution in [3.8, 4) is 0 Å². The zero-order valence-corrected chi connectivity index (χ0v) is 12.5. The Morgan fingerprint density at radius 1 is 1.29 bits per heavy atom. The number of halogens is 1. The van der Waals surface area contributed by atoms with Gasteiger partial charge in [-0.25, -0.2) is 4.39 Å². The molecule has 4 heteroatoms. The largest absolute Gasteiger partial charge is 0.481 e. The summed E-state index contributed by atoms with van der Waals surface area (Å²) in [5.41, 5.74) is 1.15. The second kappa shape index (κ2) is 7.55. The molecule has 21 heavy (non-hydrogen) atoms. The SMILES string of the molecule is CC(CCc1ccc(F)cc1)NC1CCC(C(=O)O)CC1. The van der Waals surface area contributed by atoms with Gasteiger partial charge in [0.1, 0.15) is 5.82 Å². The standard InChI is InChI=1S/C17H24FNO2/c1-12(2-3-13-4-8-15(18)9-5-13)19-16-10-6-14(7-11-16)17(20)21/h4-5,8-9,12,14,16,19H,2-3,6-7,10-11H2,1H3,(H,20,21).